The van der Waals surface area contributed by atoms with Crippen LogP contribution in [0.15, 0.2) is 30.3 Å². The van der Waals surface area contributed by atoms with Crippen LogP contribution in [-0.4, -0.2) is 34.0 Å². The SMILES string of the molecule is CCC(C(=O)O)N(Cc1ccccc1)C(=O)C(C)N. The van der Waals surface area contributed by atoms with E-state index in [9.17, 15) is 14.7 Å². The fourth-order valence-electron chi connectivity index (χ4n) is 1.91. The summed E-state index contributed by atoms with van der Waals surface area (Å²) in [6, 6.07) is 7.73. The van der Waals surface area contributed by atoms with E-state index in [4.69, 9.17) is 5.73 Å². The molecule has 104 valence electrons. The van der Waals surface area contributed by atoms with Gasteiger partial charge in [0.05, 0.1) is 6.04 Å². The molecule has 1 aromatic carbocycles. The van der Waals surface area contributed by atoms with Crippen molar-refractivity contribution in [1.82, 2.24) is 4.90 Å². The van der Waals surface area contributed by atoms with Gasteiger partial charge in [-0.05, 0) is 18.9 Å². The summed E-state index contributed by atoms with van der Waals surface area (Å²) < 4.78 is 0. The minimum absolute atomic E-state index is 0.256. The van der Waals surface area contributed by atoms with E-state index in [1.165, 1.54) is 4.90 Å². The van der Waals surface area contributed by atoms with E-state index >= 15 is 0 Å². The molecule has 19 heavy (non-hydrogen) atoms. The molecule has 0 heterocycles. The maximum atomic E-state index is 12.1. The second-order valence-corrected chi connectivity index (χ2v) is 4.50. The minimum atomic E-state index is -1.01. The highest BCUT2D eigenvalue weighted by Crippen LogP contribution is 2.12. The minimum Gasteiger partial charge on any atom is -0.480 e. The van der Waals surface area contributed by atoms with Crippen LogP contribution < -0.4 is 5.73 Å². The third-order valence-corrected chi connectivity index (χ3v) is 2.92. The van der Waals surface area contributed by atoms with Crippen molar-refractivity contribution < 1.29 is 14.7 Å². The maximum Gasteiger partial charge on any atom is 0.326 e. The first-order chi connectivity index (χ1) is 8.97. The van der Waals surface area contributed by atoms with Crippen LogP contribution in [0.3, 0.4) is 0 Å². The molecule has 1 aromatic rings. The Balaban J connectivity index is 2.98. The highest BCUT2D eigenvalue weighted by Gasteiger charge is 2.29. The van der Waals surface area contributed by atoms with E-state index in [-0.39, 0.29) is 12.5 Å². The van der Waals surface area contributed by atoms with Crippen molar-refractivity contribution in [3.8, 4) is 0 Å². The highest BCUT2D eigenvalue weighted by atomic mass is 16.4. The quantitative estimate of drug-likeness (QED) is 0.809. The number of carboxylic acid groups (broad SMARTS) is 1. The maximum absolute atomic E-state index is 12.1. The molecule has 0 saturated carbocycles. The zero-order valence-corrected chi connectivity index (χ0v) is 11.2. The van der Waals surface area contributed by atoms with E-state index in [2.05, 4.69) is 0 Å². The Kier molecular flexibility index (Phi) is 5.51. The molecular formula is C14H20N2O3. The molecule has 0 radical (unpaired) electrons. The first kappa shape index (κ1) is 15.2. The van der Waals surface area contributed by atoms with Crippen LogP contribution in [0.4, 0.5) is 0 Å². The number of amides is 1. The van der Waals surface area contributed by atoms with Crippen molar-refractivity contribution >= 4 is 11.9 Å². The summed E-state index contributed by atoms with van der Waals surface area (Å²) in [5.74, 6) is -1.36. The predicted molar refractivity (Wildman–Crippen MR) is 72.4 cm³/mol. The average Bonchev–Trinajstić information content (AvgIpc) is 2.38. The standard InChI is InChI=1S/C14H20N2O3/c1-3-12(14(18)19)16(13(17)10(2)15)9-11-7-5-4-6-8-11/h4-8,10,12H,3,9,15H2,1-2H3,(H,18,19). The molecule has 0 spiro atoms. The zero-order chi connectivity index (χ0) is 14.4. The zero-order valence-electron chi connectivity index (χ0n) is 11.2. The summed E-state index contributed by atoms with van der Waals surface area (Å²) in [6.45, 7) is 3.56. The summed E-state index contributed by atoms with van der Waals surface area (Å²) in [5, 5.41) is 9.22. The number of carbonyl (C=O) groups excluding carboxylic acids is 1. The third kappa shape index (κ3) is 4.06. The second kappa shape index (κ2) is 6.89. The van der Waals surface area contributed by atoms with Crippen LogP contribution >= 0.6 is 0 Å². The average molecular weight is 264 g/mol. The van der Waals surface area contributed by atoms with Gasteiger partial charge in [0.25, 0.3) is 0 Å². The molecule has 0 aliphatic rings. The molecule has 5 nitrogen and oxygen atoms in total. The molecule has 5 heteroatoms. The van der Waals surface area contributed by atoms with E-state index in [0.717, 1.165) is 5.56 Å². The Morgan fingerprint density at radius 3 is 2.32 bits per heavy atom. The van der Waals surface area contributed by atoms with Gasteiger partial charge in [-0.1, -0.05) is 37.3 Å². The molecule has 2 unspecified atom stereocenters. The van der Waals surface area contributed by atoms with Crippen LogP contribution in [-0.2, 0) is 16.1 Å². The van der Waals surface area contributed by atoms with Crippen molar-refractivity contribution in [3.05, 3.63) is 35.9 Å². The Hall–Kier alpha value is -1.88. The van der Waals surface area contributed by atoms with Crippen molar-refractivity contribution in [1.29, 1.82) is 0 Å². The topological polar surface area (TPSA) is 83.6 Å². The number of rotatable bonds is 6. The van der Waals surface area contributed by atoms with Gasteiger partial charge in [0, 0.05) is 6.54 Å². The van der Waals surface area contributed by atoms with Gasteiger partial charge in [-0.15, -0.1) is 0 Å². The highest BCUT2D eigenvalue weighted by molar-refractivity contribution is 5.86. The molecule has 0 fully saturated rings. The normalized spacial score (nSPS) is 13.6. The largest absolute Gasteiger partial charge is 0.480 e. The Morgan fingerprint density at radius 2 is 1.89 bits per heavy atom. The predicted octanol–water partition coefficient (Wildman–Crippen LogP) is 1.23. The smallest absolute Gasteiger partial charge is 0.326 e. The number of nitrogens with two attached hydrogens (primary N) is 1. The molecule has 1 amide bonds. The molecule has 0 bridgehead atoms. The lowest BCUT2D eigenvalue weighted by Crippen LogP contribution is -2.49. The molecule has 3 N–H and O–H groups in total. The van der Waals surface area contributed by atoms with Crippen LogP contribution in [0.1, 0.15) is 25.8 Å². The molecule has 0 saturated heterocycles. The fourth-order valence-corrected chi connectivity index (χ4v) is 1.91. The van der Waals surface area contributed by atoms with Gasteiger partial charge in [0.15, 0.2) is 0 Å². The van der Waals surface area contributed by atoms with Crippen LogP contribution in [0, 0.1) is 0 Å². The second-order valence-electron chi connectivity index (χ2n) is 4.50. The van der Waals surface area contributed by atoms with E-state index in [1.54, 1.807) is 13.8 Å². The molecular weight excluding hydrogens is 244 g/mol. The molecule has 0 aliphatic carbocycles. The molecule has 0 aromatic heterocycles. The number of hydrogen-bond acceptors (Lipinski definition) is 3. The lowest BCUT2D eigenvalue weighted by atomic mass is 10.1. The van der Waals surface area contributed by atoms with E-state index in [0.29, 0.717) is 6.42 Å². The summed E-state index contributed by atoms with van der Waals surface area (Å²) in [7, 11) is 0. The summed E-state index contributed by atoms with van der Waals surface area (Å²) in [5.41, 5.74) is 6.48. The number of aliphatic carboxylic acids is 1. The monoisotopic (exact) mass is 264 g/mol. The Morgan fingerprint density at radius 1 is 1.32 bits per heavy atom. The van der Waals surface area contributed by atoms with Gasteiger partial charge < -0.3 is 15.7 Å². The first-order valence-electron chi connectivity index (χ1n) is 6.30. The number of nitrogens with zero attached hydrogens (tertiary/aromatic N) is 1. The van der Waals surface area contributed by atoms with Gasteiger partial charge >= 0.3 is 5.97 Å². The van der Waals surface area contributed by atoms with Crippen molar-refractivity contribution in [3.63, 3.8) is 0 Å². The third-order valence-electron chi connectivity index (χ3n) is 2.92. The van der Waals surface area contributed by atoms with Crippen LogP contribution in [0.5, 0.6) is 0 Å². The lowest BCUT2D eigenvalue weighted by molar-refractivity contribution is -0.151. The van der Waals surface area contributed by atoms with Crippen molar-refractivity contribution in [2.75, 3.05) is 0 Å². The summed E-state index contributed by atoms with van der Waals surface area (Å²) >= 11 is 0. The van der Waals surface area contributed by atoms with Gasteiger partial charge in [-0.25, -0.2) is 4.79 Å². The van der Waals surface area contributed by atoms with Crippen LogP contribution in [0.2, 0.25) is 0 Å². The van der Waals surface area contributed by atoms with E-state index in [1.807, 2.05) is 30.3 Å². The lowest BCUT2D eigenvalue weighted by Gasteiger charge is -2.29. The number of hydrogen-bond donors (Lipinski definition) is 2. The summed E-state index contributed by atoms with van der Waals surface area (Å²) in [6.07, 6.45) is 0.348. The van der Waals surface area contributed by atoms with Gasteiger partial charge in [-0.2, -0.15) is 0 Å². The summed E-state index contributed by atoms with van der Waals surface area (Å²) in [4.78, 5) is 24.7. The Bertz CT molecular complexity index is 432. The number of carbonyl (C=O) groups is 2. The molecule has 1 rings (SSSR count). The van der Waals surface area contributed by atoms with Gasteiger partial charge in [0.2, 0.25) is 5.91 Å². The van der Waals surface area contributed by atoms with Gasteiger partial charge in [0.1, 0.15) is 6.04 Å². The number of benzene rings is 1. The first-order valence-corrected chi connectivity index (χ1v) is 6.30. The van der Waals surface area contributed by atoms with Crippen molar-refractivity contribution in [2.24, 2.45) is 5.73 Å². The Labute approximate surface area is 113 Å². The fraction of sp³-hybridized carbons (Fsp3) is 0.429. The number of carboxylic acids is 1. The molecule has 2 atom stereocenters. The molecule has 0 aliphatic heterocycles. The van der Waals surface area contributed by atoms with Gasteiger partial charge in [-0.3, -0.25) is 4.79 Å². The van der Waals surface area contributed by atoms with Crippen LogP contribution in [0.25, 0.3) is 0 Å². The van der Waals surface area contributed by atoms with Crippen molar-refractivity contribution in [2.45, 2.75) is 38.9 Å². The van der Waals surface area contributed by atoms with E-state index < -0.39 is 18.1 Å².